The maximum absolute atomic E-state index is 13.1. The smallest absolute Gasteiger partial charge is 0.328 e. The van der Waals surface area contributed by atoms with Crippen molar-refractivity contribution in [1.82, 2.24) is 14.7 Å². The predicted octanol–water partition coefficient (Wildman–Crippen LogP) is 2.02. The van der Waals surface area contributed by atoms with Crippen molar-refractivity contribution in [2.75, 3.05) is 19.6 Å². The third kappa shape index (κ3) is 2.56. The fourth-order valence-electron chi connectivity index (χ4n) is 3.63. The zero-order valence-corrected chi connectivity index (χ0v) is 14.1. The van der Waals surface area contributed by atoms with E-state index in [2.05, 4.69) is 0 Å². The number of urea groups is 1. The maximum atomic E-state index is 13.1. The largest absolute Gasteiger partial charge is 0.341 e. The minimum Gasteiger partial charge on any atom is -0.341 e. The van der Waals surface area contributed by atoms with Crippen LogP contribution in [0.4, 0.5) is 4.79 Å². The summed E-state index contributed by atoms with van der Waals surface area (Å²) in [5.74, 6) is -0.444. The molecule has 2 saturated heterocycles. The minimum absolute atomic E-state index is 0.200. The Morgan fingerprint density at radius 2 is 1.88 bits per heavy atom. The van der Waals surface area contributed by atoms with Crippen LogP contribution in [0.5, 0.6) is 0 Å². The van der Waals surface area contributed by atoms with Gasteiger partial charge in [-0.1, -0.05) is 30.3 Å². The number of fused-ring (bicyclic) bond motifs is 1. The van der Waals surface area contributed by atoms with Crippen molar-refractivity contribution in [3.8, 4) is 0 Å². The van der Waals surface area contributed by atoms with Gasteiger partial charge in [0.2, 0.25) is 0 Å². The first-order valence-electron chi connectivity index (χ1n) is 8.57. The molecular formula is C18H23N3O3. The van der Waals surface area contributed by atoms with Gasteiger partial charge in [-0.2, -0.15) is 0 Å². The van der Waals surface area contributed by atoms with Gasteiger partial charge in [-0.25, -0.2) is 9.69 Å². The summed E-state index contributed by atoms with van der Waals surface area (Å²) >= 11 is 0. The topological polar surface area (TPSA) is 60.9 Å². The molecule has 2 atom stereocenters. The van der Waals surface area contributed by atoms with Gasteiger partial charge < -0.3 is 9.80 Å². The summed E-state index contributed by atoms with van der Waals surface area (Å²) in [7, 11) is 0. The SMILES string of the molecule is CCN(CC)C(=O)[C@H](c1ccccc1)N1C(=O)[C@H]2CCCN2C1=O. The first-order chi connectivity index (χ1) is 11.6. The van der Waals surface area contributed by atoms with E-state index in [1.807, 2.05) is 32.0 Å². The van der Waals surface area contributed by atoms with Crippen molar-refractivity contribution in [3.63, 3.8) is 0 Å². The summed E-state index contributed by atoms with van der Waals surface area (Å²) in [5.41, 5.74) is 0.678. The summed E-state index contributed by atoms with van der Waals surface area (Å²) in [5, 5.41) is 0. The van der Waals surface area contributed by atoms with Crippen LogP contribution in [0, 0.1) is 0 Å². The van der Waals surface area contributed by atoms with Crippen LogP contribution in [0.2, 0.25) is 0 Å². The van der Waals surface area contributed by atoms with E-state index >= 15 is 0 Å². The molecule has 2 aliphatic heterocycles. The van der Waals surface area contributed by atoms with Gasteiger partial charge in [0.25, 0.3) is 11.8 Å². The highest BCUT2D eigenvalue weighted by Gasteiger charge is 2.52. The minimum atomic E-state index is -0.878. The first kappa shape index (κ1) is 16.5. The molecule has 1 aromatic rings. The van der Waals surface area contributed by atoms with Crippen molar-refractivity contribution < 1.29 is 14.4 Å². The van der Waals surface area contributed by atoms with Crippen molar-refractivity contribution >= 4 is 17.8 Å². The van der Waals surface area contributed by atoms with Gasteiger partial charge in [0.15, 0.2) is 0 Å². The number of hydrogen-bond acceptors (Lipinski definition) is 3. The van der Waals surface area contributed by atoms with E-state index in [-0.39, 0.29) is 17.8 Å². The van der Waals surface area contributed by atoms with Crippen LogP contribution in [0.1, 0.15) is 38.3 Å². The van der Waals surface area contributed by atoms with E-state index in [4.69, 9.17) is 0 Å². The Morgan fingerprint density at radius 3 is 2.46 bits per heavy atom. The lowest BCUT2D eigenvalue weighted by molar-refractivity contribution is -0.142. The maximum Gasteiger partial charge on any atom is 0.328 e. The monoisotopic (exact) mass is 329 g/mol. The number of likely N-dealkylation sites (N-methyl/N-ethyl adjacent to an activating group) is 1. The number of nitrogens with zero attached hydrogens (tertiary/aromatic N) is 3. The molecule has 0 aromatic heterocycles. The van der Waals surface area contributed by atoms with E-state index in [0.29, 0.717) is 31.6 Å². The molecule has 0 spiro atoms. The highest BCUT2D eigenvalue weighted by atomic mass is 16.2. The molecule has 0 unspecified atom stereocenters. The van der Waals surface area contributed by atoms with Crippen molar-refractivity contribution in [2.45, 2.75) is 38.8 Å². The highest BCUT2D eigenvalue weighted by Crippen LogP contribution is 2.34. The standard InChI is InChI=1S/C18H23N3O3/c1-3-19(4-2)17(23)15(13-9-6-5-7-10-13)21-16(22)14-11-8-12-20(14)18(21)24/h5-7,9-10,14-15H,3-4,8,11-12H2,1-2H3/t14-,15+/m1/s1. The molecule has 0 bridgehead atoms. The third-order valence-electron chi connectivity index (χ3n) is 4.91. The molecule has 2 fully saturated rings. The van der Waals surface area contributed by atoms with Gasteiger partial charge in [0.05, 0.1) is 0 Å². The second-order valence-electron chi connectivity index (χ2n) is 6.17. The number of amides is 4. The molecular weight excluding hydrogens is 306 g/mol. The van der Waals surface area contributed by atoms with Gasteiger partial charge in [-0.05, 0) is 32.3 Å². The average Bonchev–Trinajstić information content (AvgIpc) is 3.17. The zero-order chi connectivity index (χ0) is 17.3. The van der Waals surface area contributed by atoms with E-state index < -0.39 is 12.1 Å². The second-order valence-corrected chi connectivity index (χ2v) is 6.17. The molecule has 2 aliphatic rings. The Kier molecular flexibility index (Phi) is 4.55. The van der Waals surface area contributed by atoms with Gasteiger partial charge in [-0.3, -0.25) is 9.59 Å². The molecule has 0 radical (unpaired) electrons. The van der Waals surface area contributed by atoms with Crippen LogP contribution in [-0.2, 0) is 9.59 Å². The van der Waals surface area contributed by atoms with Gasteiger partial charge >= 0.3 is 6.03 Å². The molecule has 6 heteroatoms. The van der Waals surface area contributed by atoms with E-state index in [1.54, 1.807) is 21.9 Å². The zero-order valence-electron chi connectivity index (χ0n) is 14.1. The predicted molar refractivity (Wildman–Crippen MR) is 89.1 cm³/mol. The second kappa shape index (κ2) is 6.63. The number of benzene rings is 1. The van der Waals surface area contributed by atoms with E-state index in [9.17, 15) is 14.4 Å². The lowest BCUT2D eigenvalue weighted by atomic mass is 10.0. The third-order valence-corrected chi connectivity index (χ3v) is 4.91. The van der Waals surface area contributed by atoms with Crippen LogP contribution >= 0.6 is 0 Å². The van der Waals surface area contributed by atoms with E-state index in [0.717, 1.165) is 6.42 Å². The fourth-order valence-corrected chi connectivity index (χ4v) is 3.63. The molecule has 4 amide bonds. The van der Waals surface area contributed by atoms with Gasteiger partial charge in [-0.15, -0.1) is 0 Å². The number of rotatable bonds is 5. The quantitative estimate of drug-likeness (QED) is 0.777. The van der Waals surface area contributed by atoms with Crippen molar-refractivity contribution in [2.24, 2.45) is 0 Å². The lowest BCUT2D eigenvalue weighted by Gasteiger charge is -2.30. The molecule has 128 valence electrons. The molecule has 1 aromatic carbocycles. The Balaban J connectivity index is 2.01. The summed E-state index contributed by atoms with van der Waals surface area (Å²) in [6.07, 6.45) is 1.53. The van der Waals surface area contributed by atoms with Gasteiger partial charge in [0, 0.05) is 19.6 Å². The van der Waals surface area contributed by atoms with Crippen LogP contribution in [0.3, 0.4) is 0 Å². The summed E-state index contributed by atoms with van der Waals surface area (Å²) in [6.45, 7) is 5.47. The van der Waals surface area contributed by atoms with Crippen LogP contribution in [0.15, 0.2) is 30.3 Å². The Hall–Kier alpha value is -2.37. The summed E-state index contributed by atoms with van der Waals surface area (Å²) in [6, 6.07) is 7.50. The lowest BCUT2D eigenvalue weighted by Crippen LogP contribution is -2.46. The molecule has 0 aliphatic carbocycles. The number of imide groups is 1. The first-order valence-corrected chi connectivity index (χ1v) is 8.57. The van der Waals surface area contributed by atoms with E-state index in [1.165, 1.54) is 4.90 Å². The molecule has 6 nitrogen and oxygen atoms in total. The van der Waals surface area contributed by atoms with Crippen molar-refractivity contribution in [3.05, 3.63) is 35.9 Å². The van der Waals surface area contributed by atoms with Crippen molar-refractivity contribution in [1.29, 1.82) is 0 Å². The molecule has 0 saturated carbocycles. The van der Waals surface area contributed by atoms with Crippen LogP contribution in [-0.4, -0.2) is 58.2 Å². The Morgan fingerprint density at radius 1 is 1.21 bits per heavy atom. The highest BCUT2D eigenvalue weighted by molar-refractivity contribution is 6.08. The van der Waals surface area contributed by atoms with Gasteiger partial charge in [0.1, 0.15) is 12.1 Å². The molecule has 3 rings (SSSR count). The number of carbonyl (C=O) groups excluding carboxylic acids is 3. The summed E-state index contributed by atoms with van der Waals surface area (Å²) in [4.78, 5) is 43.1. The molecule has 24 heavy (non-hydrogen) atoms. The van der Waals surface area contributed by atoms with Crippen LogP contribution in [0.25, 0.3) is 0 Å². The average molecular weight is 329 g/mol. The molecule has 0 N–H and O–H groups in total. The number of hydrogen-bond donors (Lipinski definition) is 0. The Bertz CT molecular complexity index is 620. The normalized spacial score (nSPS) is 21.2. The summed E-state index contributed by atoms with van der Waals surface area (Å²) < 4.78 is 0. The number of carbonyl (C=O) groups is 3. The fraction of sp³-hybridized carbons (Fsp3) is 0.500. The molecule has 2 heterocycles. The van der Waals surface area contributed by atoms with Crippen LogP contribution < -0.4 is 0 Å². The Labute approximate surface area is 142 Å².